The van der Waals surface area contributed by atoms with Gasteiger partial charge in [-0.15, -0.1) is 0 Å². The molecule has 1 amide bonds. The van der Waals surface area contributed by atoms with Gasteiger partial charge in [-0.05, 0) is 38.0 Å². The predicted octanol–water partition coefficient (Wildman–Crippen LogP) is 1.38. The lowest BCUT2D eigenvalue weighted by molar-refractivity contribution is -0.128. The van der Waals surface area contributed by atoms with Gasteiger partial charge in [0, 0.05) is 19.5 Å². The Kier molecular flexibility index (Phi) is 3.53. The summed E-state index contributed by atoms with van der Waals surface area (Å²) in [5.74, 6) is 0.0663. The molecule has 0 spiro atoms. The minimum Gasteiger partial charge on any atom is -0.338 e. The van der Waals surface area contributed by atoms with Gasteiger partial charge in [0.05, 0.1) is 17.0 Å². The van der Waals surface area contributed by atoms with Gasteiger partial charge in [0.1, 0.15) is 0 Å². The summed E-state index contributed by atoms with van der Waals surface area (Å²) >= 11 is 0. The summed E-state index contributed by atoms with van der Waals surface area (Å²) in [5.41, 5.74) is 0.921. The van der Waals surface area contributed by atoms with Crippen LogP contribution in [0.3, 0.4) is 0 Å². The number of carbonyl (C=O) groups is 1. The van der Waals surface area contributed by atoms with Crippen molar-refractivity contribution in [3.05, 3.63) is 29.8 Å². The first-order chi connectivity index (χ1) is 9.95. The highest BCUT2D eigenvalue weighted by Crippen LogP contribution is 2.35. The highest BCUT2D eigenvalue weighted by Gasteiger charge is 2.50. The molecule has 0 saturated carbocycles. The van der Waals surface area contributed by atoms with E-state index < -0.39 is 10.0 Å². The lowest BCUT2D eigenvalue weighted by atomic mass is 10.1. The van der Waals surface area contributed by atoms with Gasteiger partial charge in [0.25, 0.3) is 0 Å². The summed E-state index contributed by atoms with van der Waals surface area (Å²) in [4.78, 5) is 14.1. The van der Waals surface area contributed by atoms with Gasteiger partial charge >= 0.3 is 0 Å². The van der Waals surface area contributed by atoms with Gasteiger partial charge in [0.2, 0.25) is 15.9 Å². The summed E-state index contributed by atoms with van der Waals surface area (Å²) in [5, 5.41) is 0. The largest absolute Gasteiger partial charge is 0.338 e. The maximum atomic E-state index is 12.8. The van der Waals surface area contributed by atoms with Crippen LogP contribution in [0.5, 0.6) is 0 Å². The van der Waals surface area contributed by atoms with Crippen molar-refractivity contribution in [2.75, 3.05) is 13.1 Å². The average molecular weight is 308 g/mol. The molecule has 114 valence electrons. The number of benzene rings is 1. The molecule has 21 heavy (non-hydrogen) atoms. The van der Waals surface area contributed by atoms with Crippen LogP contribution in [0.1, 0.15) is 25.3 Å². The first-order valence-corrected chi connectivity index (χ1v) is 8.77. The van der Waals surface area contributed by atoms with Crippen molar-refractivity contribution in [3.63, 3.8) is 0 Å². The normalized spacial score (nSPS) is 26.4. The highest BCUT2D eigenvalue weighted by atomic mass is 32.2. The van der Waals surface area contributed by atoms with Gasteiger partial charge in [-0.3, -0.25) is 4.79 Å². The molecule has 3 rings (SSSR count). The molecule has 0 unspecified atom stereocenters. The van der Waals surface area contributed by atoms with E-state index >= 15 is 0 Å². The molecule has 1 aromatic carbocycles. The first-order valence-electron chi connectivity index (χ1n) is 7.33. The number of carbonyl (C=O) groups excluding carboxylic acids is 1. The fourth-order valence-electron chi connectivity index (χ4n) is 3.51. The van der Waals surface area contributed by atoms with Crippen LogP contribution in [-0.2, 0) is 14.8 Å². The minimum atomic E-state index is -3.52. The SMILES string of the molecule is CCN1C(=O)C[C@H]2[C@H]1CCN2S(=O)(=O)c1cccc(C)c1. The first kappa shape index (κ1) is 14.5. The Hall–Kier alpha value is -1.40. The van der Waals surface area contributed by atoms with E-state index in [2.05, 4.69) is 0 Å². The number of sulfonamides is 1. The molecule has 5 nitrogen and oxygen atoms in total. The highest BCUT2D eigenvalue weighted by molar-refractivity contribution is 7.89. The van der Waals surface area contributed by atoms with Crippen LogP contribution in [-0.4, -0.2) is 48.7 Å². The van der Waals surface area contributed by atoms with Crippen LogP contribution in [0, 0.1) is 6.92 Å². The van der Waals surface area contributed by atoms with Crippen molar-refractivity contribution in [2.45, 2.75) is 43.7 Å². The Bertz CT molecular complexity index is 671. The Balaban J connectivity index is 1.93. The van der Waals surface area contributed by atoms with Crippen molar-refractivity contribution >= 4 is 15.9 Å². The molecule has 1 aromatic rings. The van der Waals surface area contributed by atoms with Crippen LogP contribution in [0.25, 0.3) is 0 Å². The molecule has 2 heterocycles. The smallest absolute Gasteiger partial charge is 0.243 e. The van der Waals surface area contributed by atoms with Crippen LogP contribution in [0.15, 0.2) is 29.2 Å². The molecule has 0 aliphatic carbocycles. The van der Waals surface area contributed by atoms with Crippen molar-refractivity contribution in [1.82, 2.24) is 9.21 Å². The molecule has 0 bridgehead atoms. The van der Waals surface area contributed by atoms with Crippen molar-refractivity contribution in [2.24, 2.45) is 0 Å². The maximum Gasteiger partial charge on any atom is 0.243 e. The molecule has 2 aliphatic rings. The number of likely N-dealkylation sites (N-methyl/N-ethyl adjacent to an activating group) is 1. The number of hydrogen-bond donors (Lipinski definition) is 0. The topological polar surface area (TPSA) is 57.7 Å². The average Bonchev–Trinajstić information content (AvgIpc) is 2.96. The summed E-state index contributed by atoms with van der Waals surface area (Å²) < 4.78 is 27.2. The number of hydrogen-bond acceptors (Lipinski definition) is 3. The Labute approximate surface area is 125 Å². The molecule has 0 radical (unpaired) electrons. The maximum absolute atomic E-state index is 12.8. The van der Waals surface area contributed by atoms with E-state index in [-0.39, 0.29) is 18.0 Å². The summed E-state index contributed by atoms with van der Waals surface area (Å²) in [6.07, 6.45) is 1.04. The van der Waals surface area contributed by atoms with Crippen LogP contribution >= 0.6 is 0 Å². The van der Waals surface area contributed by atoms with E-state index in [1.807, 2.05) is 24.8 Å². The number of amides is 1. The van der Waals surface area contributed by atoms with Crippen LogP contribution in [0.2, 0.25) is 0 Å². The standard InChI is InChI=1S/C15H20N2O3S/c1-3-16-13-7-8-17(14(13)10-15(16)18)21(19,20)12-6-4-5-11(2)9-12/h4-6,9,13-14H,3,7-8,10H2,1-2H3/t13-,14+/m1/s1. The molecule has 2 atom stereocenters. The van der Waals surface area contributed by atoms with E-state index in [4.69, 9.17) is 0 Å². The molecule has 2 fully saturated rings. The van der Waals surface area contributed by atoms with E-state index in [0.717, 1.165) is 12.0 Å². The van der Waals surface area contributed by atoms with E-state index in [1.54, 1.807) is 18.2 Å². The molecule has 2 aliphatic heterocycles. The second-order valence-electron chi connectivity index (χ2n) is 5.74. The number of aryl methyl sites for hydroxylation is 1. The zero-order valence-electron chi connectivity index (χ0n) is 12.3. The summed E-state index contributed by atoms with van der Waals surface area (Å²) in [7, 11) is -3.52. The van der Waals surface area contributed by atoms with Crippen LogP contribution < -0.4 is 0 Å². The number of rotatable bonds is 3. The van der Waals surface area contributed by atoms with Crippen molar-refractivity contribution in [1.29, 1.82) is 0 Å². The second-order valence-corrected chi connectivity index (χ2v) is 7.63. The third-order valence-electron chi connectivity index (χ3n) is 4.50. The summed E-state index contributed by atoms with van der Waals surface area (Å²) in [6.45, 7) is 4.97. The number of likely N-dealkylation sites (tertiary alicyclic amines) is 1. The van der Waals surface area contributed by atoms with E-state index in [0.29, 0.717) is 24.4 Å². The van der Waals surface area contributed by atoms with Crippen molar-refractivity contribution in [3.8, 4) is 0 Å². The molecule has 0 N–H and O–H groups in total. The molecule has 2 saturated heterocycles. The third-order valence-corrected chi connectivity index (χ3v) is 6.42. The van der Waals surface area contributed by atoms with E-state index in [9.17, 15) is 13.2 Å². The third kappa shape index (κ3) is 2.26. The lowest BCUT2D eigenvalue weighted by Gasteiger charge is -2.24. The van der Waals surface area contributed by atoms with Gasteiger partial charge in [0.15, 0.2) is 0 Å². The predicted molar refractivity (Wildman–Crippen MR) is 79.3 cm³/mol. The molecule has 6 heteroatoms. The van der Waals surface area contributed by atoms with Gasteiger partial charge < -0.3 is 4.90 Å². The quantitative estimate of drug-likeness (QED) is 0.847. The monoisotopic (exact) mass is 308 g/mol. The molecular formula is C15H20N2O3S. The zero-order chi connectivity index (χ0) is 15.2. The second kappa shape index (κ2) is 5.10. The van der Waals surface area contributed by atoms with Gasteiger partial charge in [-0.2, -0.15) is 4.31 Å². The number of fused-ring (bicyclic) bond motifs is 1. The Morgan fingerprint density at radius 2 is 2.05 bits per heavy atom. The Morgan fingerprint density at radius 3 is 2.71 bits per heavy atom. The minimum absolute atomic E-state index is 0.0436. The lowest BCUT2D eigenvalue weighted by Crippen LogP contribution is -2.39. The van der Waals surface area contributed by atoms with Crippen LogP contribution in [0.4, 0.5) is 0 Å². The molecule has 0 aromatic heterocycles. The fraction of sp³-hybridized carbons (Fsp3) is 0.533. The van der Waals surface area contributed by atoms with Crippen molar-refractivity contribution < 1.29 is 13.2 Å². The Morgan fingerprint density at radius 1 is 1.29 bits per heavy atom. The van der Waals surface area contributed by atoms with Gasteiger partial charge in [-0.25, -0.2) is 8.42 Å². The zero-order valence-corrected chi connectivity index (χ0v) is 13.1. The summed E-state index contributed by atoms with van der Waals surface area (Å²) in [6, 6.07) is 6.80. The molecular weight excluding hydrogens is 288 g/mol. The van der Waals surface area contributed by atoms with Gasteiger partial charge in [-0.1, -0.05) is 12.1 Å². The fourth-order valence-corrected chi connectivity index (χ4v) is 5.29. The number of nitrogens with zero attached hydrogens (tertiary/aromatic N) is 2. The van der Waals surface area contributed by atoms with E-state index in [1.165, 1.54) is 4.31 Å².